The van der Waals surface area contributed by atoms with Crippen molar-refractivity contribution in [1.29, 1.82) is 0 Å². The molecule has 0 aromatic carbocycles. The van der Waals surface area contributed by atoms with Crippen LogP contribution in [0.4, 0.5) is 0 Å². The molecule has 1 saturated heterocycles. The molecule has 4 aliphatic carbocycles. The number of rotatable bonds is 2. The zero-order chi connectivity index (χ0) is 12.2. The molecule has 0 radical (unpaired) electrons. The molecule has 5 aliphatic rings. The molecule has 1 aliphatic heterocycles. The highest BCUT2D eigenvalue weighted by Gasteiger charge is 2.51. The lowest BCUT2D eigenvalue weighted by atomic mass is 9.53. The minimum absolute atomic E-state index is 0.523. The van der Waals surface area contributed by atoms with Crippen LogP contribution in [0.1, 0.15) is 58.3 Å². The SMILES string of the molecule is CC1CCN(NC23CC4CC(CC(C4)C2)C3)CC1. The fourth-order valence-electron chi connectivity index (χ4n) is 5.70. The van der Waals surface area contributed by atoms with Crippen LogP contribution >= 0.6 is 0 Å². The van der Waals surface area contributed by atoms with Crippen LogP contribution < -0.4 is 5.43 Å². The van der Waals surface area contributed by atoms with Gasteiger partial charge >= 0.3 is 0 Å². The Bertz CT molecular complexity index is 282. The maximum Gasteiger partial charge on any atom is 0.0334 e. The van der Waals surface area contributed by atoms with Crippen molar-refractivity contribution in [3.63, 3.8) is 0 Å². The Balaban J connectivity index is 1.44. The normalized spacial score (nSPS) is 48.8. The van der Waals surface area contributed by atoms with Gasteiger partial charge in [0.25, 0.3) is 0 Å². The summed E-state index contributed by atoms with van der Waals surface area (Å²) in [5, 5.41) is 2.58. The Hall–Kier alpha value is -0.0800. The van der Waals surface area contributed by atoms with Crippen LogP contribution in [0.15, 0.2) is 0 Å². The van der Waals surface area contributed by atoms with Crippen LogP contribution in [-0.4, -0.2) is 23.6 Å². The summed E-state index contributed by atoms with van der Waals surface area (Å²) < 4.78 is 0. The molecular formula is C16H28N2. The summed E-state index contributed by atoms with van der Waals surface area (Å²) in [4.78, 5) is 0. The first-order valence-corrected chi connectivity index (χ1v) is 8.23. The lowest BCUT2D eigenvalue weighted by Crippen LogP contribution is -2.63. The predicted molar refractivity (Wildman–Crippen MR) is 74.0 cm³/mol. The second-order valence-corrected chi connectivity index (χ2v) is 7.98. The van der Waals surface area contributed by atoms with Gasteiger partial charge < -0.3 is 0 Å². The van der Waals surface area contributed by atoms with Crippen molar-refractivity contribution in [3.05, 3.63) is 0 Å². The molecule has 1 heterocycles. The molecule has 1 N–H and O–H groups in total. The van der Waals surface area contributed by atoms with E-state index in [0.717, 1.165) is 23.7 Å². The summed E-state index contributed by atoms with van der Waals surface area (Å²) >= 11 is 0. The van der Waals surface area contributed by atoms with Gasteiger partial charge in [-0.3, -0.25) is 0 Å². The Morgan fingerprint density at radius 1 is 0.889 bits per heavy atom. The van der Waals surface area contributed by atoms with Crippen molar-refractivity contribution in [3.8, 4) is 0 Å². The Morgan fingerprint density at radius 2 is 1.39 bits per heavy atom. The molecule has 0 aromatic rings. The van der Waals surface area contributed by atoms with E-state index in [1.165, 1.54) is 45.2 Å². The first-order chi connectivity index (χ1) is 8.71. The number of hydrogen-bond donors (Lipinski definition) is 1. The maximum absolute atomic E-state index is 4.02. The number of hydrazine groups is 1. The highest BCUT2D eigenvalue weighted by atomic mass is 15.5. The Morgan fingerprint density at radius 3 is 1.89 bits per heavy atom. The van der Waals surface area contributed by atoms with Gasteiger partial charge in [-0.15, -0.1) is 0 Å². The number of hydrogen-bond acceptors (Lipinski definition) is 2. The summed E-state index contributed by atoms with van der Waals surface area (Å²) in [6.07, 6.45) is 11.9. The molecule has 5 rings (SSSR count). The van der Waals surface area contributed by atoms with Crippen molar-refractivity contribution in [2.24, 2.45) is 23.7 Å². The van der Waals surface area contributed by atoms with E-state index in [2.05, 4.69) is 17.4 Å². The standard InChI is InChI=1S/C16H28N2/c1-12-2-4-18(5-3-12)17-16-9-13-6-14(10-16)8-15(7-13)11-16/h12-15,17H,2-11H2,1H3. The van der Waals surface area contributed by atoms with Gasteiger partial charge in [-0.05, 0) is 75.0 Å². The predicted octanol–water partition coefficient (Wildman–Crippen LogP) is 3.19. The molecule has 0 unspecified atom stereocenters. The van der Waals surface area contributed by atoms with Crippen molar-refractivity contribution in [2.45, 2.75) is 63.8 Å². The molecule has 18 heavy (non-hydrogen) atoms. The highest BCUT2D eigenvalue weighted by Crippen LogP contribution is 2.55. The quantitative estimate of drug-likeness (QED) is 0.807. The molecule has 5 fully saturated rings. The summed E-state index contributed by atoms with van der Waals surface area (Å²) in [5.41, 5.74) is 4.54. The molecule has 4 saturated carbocycles. The molecule has 2 heteroatoms. The van der Waals surface area contributed by atoms with E-state index < -0.39 is 0 Å². The average Bonchev–Trinajstić information content (AvgIpc) is 2.30. The van der Waals surface area contributed by atoms with Gasteiger partial charge in [-0.2, -0.15) is 0 Å². The van der Waals surface area contributed by atoms with Gasteiger partial charge in [-0.25, -0.2) is 10.4 Å². The fourth-order valence-corrected chi connectivity index (χ4v) is 5.70. The lowest BCUT2D eigenvalue weighted by Gasteiger charge is -2.58. The Kier molecular flexibility index (Phi) is 2.74. The van der Waals surface area contributed by atoms with E-state index in [0.29, 0.717) is 5.54 Å². The zero-order valence-electron chi connectivity index (χ0n) is 11.8. The third kappa shape index (κ3) is 2.02. The molecule has 102 valence electrons. The molecule has 0 aromatic heterocycles. The number of nitrogens with one attached hydrogen (secondary N) is 1. The van der Waals surface area contributed by atoms with Crippen molar-refractivity contribution < 1.29 is 0 Å². The van der Waals surface area contributed by atoms with Crippen LogP contribution in [0.5, 0.6) is 0 Å². The van der Waals surface area contributed by atoms with Crippen LogP contribution in [0.3, 0.4) is 0 Å². The topological polar surface area (TPSA) is 15.3 Å². The molecule has 0 amide bonds. The summed E-state index contributed by atoms with van der Waals surface area (Å²) in [5.74, 6) is 4.13. The second kappa shape index (κ2) is 4.21. The molecular weight excluding hydrogens is 220 g/mol. The fraction of sp³-hybridized carbons (Fsp3) is 1.00. The van der Waals surface area contributed by atoms with Gasteiger partial charge in [0.1, 0.15) is 0 Å². The molecule has 4 bridgehead atoms. The van der Waals surface area contributed by atoms with E-state index in [-0.39, 0.29) is 0 Å². The van der Waals surface area contributed by atoms with Gasteiger partial charge in [0.2, 0.25) is 0 Å². The third-order valence-electron chi connectivity index (χ3n) is 6.22. The summed E-state index contributed by atoms with van der Waals surface area (Å²) in [6.45, 7) is 4.97. The van der Waals surface area contributed by atoms with Crippen molar-refractivity contribution in [2.75, 3.05) is 13.1 Å². The first-order valence-electron chi connectivity index (χ1n) is 8.23. The average molecular weight is 248 g/mol. The van der Waals surface area contributed by atoms with E-state index in [1.807, 2.05) is 0 Å². The van der Waals surface area contributed by atoms with Gasteiger partial charge in [0, 0.05) is 18.6 Å². The Labute approximate surface area is 111 Å². The van der Waals surface area contributed by atoms with Crippen LogP contribution in [0, 0.1) is 23.7 Å². The monoisotopic (exact) mass is 248 g/mol. The minimum Gasteiger partial charge on any atom is -0.249 e. The lowest BCUT2D eigenvalue weighted by molar-refractivity contribution is -0.0647. The second-order valence-electron chi connectivity index (χ2n) is 7.98. The largest absolute Gasteiger partial charge is 0.249 e. The van der Waals surface area contributed by atoms with E-state index in [1.54, 1.807) is 19.3 Å². The zero-order valence-corrected chi connectivity index (χ0v) is 11.8. The van der Waals surface area contributed by atoms with E-state index >= 15 is 0 Å². The smallest absolute Gasteiger partial charge is 0.0334 e. The van der Waals surface area contributed by atoms with Crippen molar-refractivity contribution >= 4 is 0 Å². The molecule has 0 spiro atoms. The van der Waals surface area contributed by atoms with Crippen LogP contribution in [0.2, 0.25) is 0 Å². The first kappa shape index (κ1) is 11.7. The van der Waals surface area contributed by atoms with Crippen LogP contribution in [-0.2, 0) is 0 Å². The number of nitrogens with zero attached hydrogens (tertiary/aromatic N) is 1. The van der Waals surface area contributed by atoms with E-state index in [4.69, 9.17) is 0 Å². The van der Waals surface area contributed by atoms with Gasteiger partial charge in [0.05, 0.1) is 0 Å². The summed E-state index contributed by atoms with van der Waals surface area (Å²) in [6, 6.07) is 0. The minimum atomic E-state index is 0.523. The highest BCUT2D eigenvalue weighted by molar-refractivity contribution is 5.06. The summed E-state index contributed by atoms with van der Waals surface area (Å²) in [7, 11) is 0. The van der Waals surface area contributed by atoms with Crippen molar-refractivity contribution in [1.82, 2.24) is 10.4 Å². The third-order valence-corrected chi connectivity index (χ3v) is 6.22. The molecule has 0 atom stereocenters. The van der Waals surface area contributed by atoms with Gasteiger partial charge in [0.15, 0.2) is 0 Å². The van der Waals surface area contributed by atoms with Crippen LogP contribution in [0.25, 0.3) is 0 Å². The number of piperidine rings is 1. The van der Waals surface area contributed by atoms with Gasteiger partial charge in [-0.1, -0.05) is 6.92 Å². The maximum atomic E-state index is 4.02. The van der Waals surface area contributed by atoms with E-state index in [9.17, 15) is 0 Å². The molecule has 2 nitrogen and oxygen atoms in total.